The minimum Gasteiger partial charge on any atom is -0.299 e. The lowest BCUT2D eigenvalue weighted by Crippen LogP contribution is -2.16. The maximum atomic E-state index is 11.3. The summed E-state index contributed by atoms with van der Waals surface area (Å²) in [4.78, 5) is 11.3. The topological polar surface area (TPSA) is 40.9 Å². The van der Waals surface area contributed by atoms with Crippen LogP contribution in [0.5, 0.6) is 0 Å². The second-order valence-corrected chi connectivity index (χ2v) is 5.08. The summed E-state index contributed by atoms with van der Waals surface area (Å²) in [6.45, 7) is 1.47. The van der Waals surface area contributed by atoms with Crippen LogP contribution in [0, 0.1) is 10.7 Å². The molecule has 1 atom stereocenters. The SMILES string of the molecule is CC(=O)[C@@H](Cc1cc(Cl)ccc1Cl)SC#N. The smallest absolute Gasteiger partial charge is 0.144 e. The van der Waals surface area contributed by atoms with E-state index in [9.17, 15) is 4.79 Å². The Morgan fingerprint density at radius 2 is 2.25 bits per heavy atom. The van der Waals surface area contributed by atoms with Crippen LogP contribution in [0.2, 0.25) is 10.0 Å². The fourth-order valence-electron chi connectivity index (χ4n) is 1.23. The number of carbonyl (C=O) groups is 1. The van der Waals surface area contributed by atoms with E-state index in [2.05, 4.69) is 0 Å². The van der Waals surface area contributed by atoms with Crippen molar-refractivity contribution in [2.75, 3.05) is 0 Å². The number of carbonyl (C=O) groups excluding carboxylic acids is 1. The molecule has 2 nitrogen and oxygen atoms in total. The third-order valence-electron chi connectivity index (χ3n) is 2.06. The zero-order valence-corrected chi connectivity index (χ0v) is 10.9. The van der Waals surface area contributed by atoms with Crippen molar-refractivity contribution in [1.82, 2.24) is 0 Å². The van der Waals surface area contributed by atoms with E-state index >= 15 is 0 Å². The Morgan fingerprint density at radius 1 is 1.56 bits per heavy atom. The third-order valence-corrected chi connectivity index (χ3v) is 3.55. The summed E-state index contributed by atoms with van der Waals surface area (Å²) in [5.41, 5.74) is 0.789. The molecule has 0 amide bonds. The highest BCUT2D eigenvalue weighted by Crippen LogP contribution is 2.25. The van der Waals surface area contributed by atoms with Crippen LogP contribution in [0.1, 0.15) is 12.5 Å². The first-order valence-corrected chi connectivity index (χ1v) is 6.17. The average molecular weight is 274 g/mol. The Balaban J connectivity index is 2.89. The van der Waals surface area contributed by atoms with Gasteiger partial charge in [-0.2, -0.15) is 5.26 Å². The van der Waals surface area contributed by atoms with Crippen molar-refractivity contribution in [2.24, 2.45) is 0 Å². The Kier molecular flexibility index (Phi) is 5.14. The van der Waals surface area contributed by atoms with Crippen LogP contribution in [0.25, 0.3) is 0 Å². The predicted octanol–water partition coefficient (Wildman–Crippen LogP) is 3.71. The fourth-order valence-corrected chi connectivity index (χ4v) is 2.18. The van der Waals surface area contributed by atoms with Gasteiger partial charge in [-0.1, -0.05) is 23.2 Å². The molecule has 0 saturated heterocycles. The van der Waals surface area contributed by atoms with Crippen LogP contribution in [0.4, 0.5) is 0 Å². The highest BCUT2D eigenvalue weighted by molar-refractivity contribution is 8.04. The van der Waals surface area contributed by atoms with E-state index in [-0.39, 0.29) is 11.0 Å². The predicted molar refractivity (Wildman–Crippen MR) is 67.8 cm³/mol. The molecular formula is C11H9Cl2NOS. The monoisotopic (exact) mass is 273 g/mol. The zero-order chi connectivity index (χ0) is 12.1. The Labute approximate surface area is 109 Å². The minimum absolute atomic E-state index is 0.0393. The molecule has 0 bridgehead atoms. The van der Waals surface area contributed by atoms with Crippen molar-refractivity contribution >= 4 is 40.7 Å². The molecule has 0 unspecified atom stereocenters. The van der Waals surface area contributed by atoms with E-state index in [4.69, 9.17) is 28.5 Å². The van der Waals surface area contributed by atoms with Crippen LogP contribution in [-0.4, -0.2) is 11.0 Å². The highest BCUT2D eigenvalue weighted by Gasteiger charge is 2.17. The lowest BCUT2D eigenvalue weighted by atomic mass is 10.1. The third kappa shape index (κ3) is 3.71. The number of rotatable bonds is 4. The summed E-state index contributed by atoms with van der Waals surface area (Å²) < 4.78 is 0. The molecule has 0 fully saturated rings. The molecule has 0 aliphatic heterocycles. The number of nitriles is 1. The number of benzene rings is 1. The van der Waals surface area contributed by atoms with Crippen LogP contribution < -0.4 is 0 Å². The molecule has 5 heteroatoms. The standard InChI is InChI=1S/C11H9Cl2NOS/c1-7(15)11(16-6-14)5-8-4-9(12)2-3-10(8)13/h2-4,11H,5H2,1H3/t11-/m1/s1. The van der Waals surface area contributed by atoms with Gasteiger partial charge in [0, 0.05) is 10.0 Å². The van der Waals surface area contributed by atoms with Crippen molar-refractivity contribution in [3.8, 4) is 5.40 Å². The maximum Gasteiger partial charge on any atom is 0.144 e. The number of Topliss-reactive ketones (excluding diaryl/α,β-unsaturated/α-hetero) is 1. The van der Waals surface area contributed by atoms with E-state index in [1.807, 2.05) is 5.40 Å². The summed E-state index contributed by atoms with van der Waals surface area (Å²) >= 11 is 12.8. The van der Waals surface area contributed by atoms with Crippen molar-refractivity contribution in [2.45, 2.75) is 18.6 Å². The van der Waals surface area contributed by atoms with Gasteiger partial charge in [0.25, 0.3) is 0 Å². The van der Waals surface area contributed by atoms with Gasteiger partial charge in [-0.05, 0) is 48.9 Å². The van der Waals surface area contributed by atoms with Gasteiger partial charge in [0.05, 0.1) is 5.25 Å². The Bertz CT molecular complexity index is 442. The van der Waals surface area contributed by atoms with E-state index in [0.29, 0.717) is 16.5 Å². The van der Waals surface area contributed by atoms with Gasteiger partial charge in [-0.3, -0.25) is 4.79 Å². The second kappa shape index (κ2) is 6.15. The van der Waals surface area contributed by atoms with Crippen LogP contribution >= 0.6 is 35.0 Å². The highest BCUT2D eigenvalue weighted by atomic mass is 35.5. The van der Waals surface area contributed by atoms with Crippen LogP contribution in [0.3, 0.4) is 0 Å². The molecule has 0 aliphatic rings. The summed E-state index contributed by atoms with van der Waals surface area (Å²) in [7, 11) is 0. The molecule has 0 N–H and O–H groups in total. The van der Waals surface area contributed by atoms with Crippen molar-refractivity contribution < 1.29 is 4.79 Å². The lowest BCUT2D eigenvalue weighted by molar-refractivity contribution is -0.116. The van der Waals surface area contributed by atoms with Gasteiger partial charge in [0.1, 0.15) is 11.2 Å². The number of hydrogen-bond acceptors (Lipinski definition) is 3. The van der Waals surface area contributed by atoms with Gasteiger partial charge in [0.15, 0.2) is 0 Å². The Morgan fingerprint density at radius 3 is 2.81 bits per heavy atom. The fraction of sp³-hybridized carbons (Fsp3) is 0.273. The van der Waals surface area contributed by atoms with E-state index in [1.54, 1.807) is 18.2 Å². The number of halogens is 2. The van der Waals surface area contributed by atoms with Gasteiger partial charge < -0.3 is 0 Å². The molecule has 84 valence electrons. The first-order chi connectivity index (χ1) is 7.54. The Hall–Kier alpha value is -0.690. The molecule has 0 saturated carbocycles. The largest absolute Gasteiger partial charge is 0.299 e. The van der Waals surface area contributed by atoms with E-state index in [1.165, 1.54) is 6.92 Å². The molecular weight excluding hydrogens is 265 g/mol. The molecule has 0 heterocycles. The number of hydrogen-bond donors (Lipinski definition) is 0. The summed E-state index contributed by atoms with van der Waals surface area (Å²) in [5, 5.41) is 11.3. The number of thioether (sulfide) groups is 1. The van der Waals surface area contributed by atoms with Crippen LogP contribution in [0.15, 0.2) is 18.2 Å². The summed E-state index contributed by atoms with van der Waals surface area (Å²) in [6.07, 6.45) is 0.424. The number of thiocyanates is 1. The first kappa shape index (κ1) is 13.4. The quantitative estimate of drug-likeness (QED) is 0.786. The first-order valence-electron chi connectivity index (χ1n) is 4.53. The van der Waals surface area contributed by atoms with Crippen LogP contribution in [-0.2, 0) is 11.2 Å². The number of ketones is 1. The molecule has 0 aliphatic carbocycles. The molecule has 1 aromatic rings. The van der Waals surface area contributed by atoms with Gasteiger partial charge in [-0.25, -0.2) is 0 Å². The average Bonchev–Trinajstić information content (AvgIpc) is 2.22. The molecule has 0 radical (unpaired) electrons. The molecule has 0 spiro atoms. The van der Waals surface area contributed by atoms with Crippen molar-refractivity contribution in [1.29, 1.82) is 5.26 Å². The van der Waals surface area contributed by atoms with Crippen molar-refractivity contribution in [3.63, 3.8) is 0 Å². The maximum absolute atomic E-state index is 11.3. The van der Waals surface area contributed by atoms with E-state index < -0.39 is 0 Å². The molecule has 1 rings (SSSR count). The lowest BCUT2D eigenvalue weighted by Gasteiger charge is -2.10. The molecule has 16 heavy (non-hydrogen) atoms. The van der Waals surface area contributed by atoms with E-state index in [0.717, 1.165) is 17.3 Å². The number of nitrogens with zero attached hydrogens (tertiary/aromatic N) is 1. The van der Waals surface area contributed by atoms with Gasteiger partial charge in [0.2, 0.25) is 0 Å². The second-order valence-electron chi connectivity index (χ2n) is 3.25. The zero-order valence-electron chi connectivity index (χ0n) is 8.54. The van der Waals surface area contributed by atoms with Crippen molar-refractivity contribution in [3.05, 3.63) is 33.8 Å². The summed E-state index contributed by atoms with van der Waals surface area (Å²) in [5.74, 6) is -0.0393. The molecule has 0 aromatic heterocycles. The van der Waals surface area contributed by atoms with Gasteiger partial charge >= 0.3 is 0 Å². The minimum atomic E-state index is -0.388. The van der Waals surface area contributed by atoms with Gasteiger partial charge in [-0.15, -0.1) is 0 Å². The summed E-state index contributed by atoms with van der Waals surface area (Å²) in [6, 6.07) is 5.10. The molecule has 1 aromatic carbocycles. The normalized spacial score (nSPS) is 11.9.